The molecule has 1 aromatic heterocycles. The maximum Gasteiger partial charge on any atom is 0.435 e. The lowest BCUT2D eigenvalue weighted by atomic mass is 10.3. The van der Waals surface area contributed by atoms with Gasteiger partial charge in [-0.2, -0.15) is 13.2 Å². The van der Waals surface area contributed by atoms with Crippen LogP contribution >= 0.6 is 11.6 Å². The number of anilines is 1. The van der Waals surface area contributed by atoms with Gasteiger partial charge >= 0.3 is 6.18 Å². The van der Waals surface area contributed by atoms with Crippen LogP contribution in [0.2, 0.25) is 0 Å². The smallest absolute Gasteiger partial charge is 0.383 e. The van der Waals surface area contributed by atoms with Gasteiger partial charge in [0.05, 0.1) is 6.61 Å². The van der Waals surface area contributed by atoms with Gasteiger partial charge in [0.1, 0.15) is 0 Å². The molecule has 0 aliphatic carbocycles. The summed E-state index contributed by atoms with van der Waals surface area (Å²) >= 11 is 5.62. The zero-order chi connectivity index (χ0) is 13.6. The van der Waals surface area contributed by atoms with E-state index in [-0.39, 0.29) is 0 Å². The summed E-state index contributed by atoms with van der Waals surface area (Å²) in [5.41, 5.74) is -1.01. The lowest BCUT2D eigenvalue weighted by molar-refractivity contribution is -0.141. The van der Waals surface area contributed by atoms with Gasteiger partial charge in [-0.05, 0) is 12.1 Å². The number of alkyl halides is 4. The van der Waals surface area contributed by atoms with Gasteiger partial charge in [-0.25, -0.2) is 0 Å². The van der Waals surface area contributed by atoms with Crippen LogP contribution in [0.25, 0.3) is 0 Å². The Morgan fingerprint density at radius 3 is 2.44 bits per heavy atom. The molecular weight excluding hydrogens is 271 g/mol. The highest BCUT2D eigenvalue weighted by Gasteiger charge is 2.33. The molecule has 1 heterocycles. The summed E-state index contributed by atoms with van der Waals surface area (Å²) in [6, 6.07) is 2.17. The largest absolute Gasteiger partial charge is 0.435 e. The molecular formula is C10H13ClF3N3O. The zero-order valence-electron chi connectivity index (χ0n) is 9.74. The Morgan fingerprint density at radius 1 is 1.28 bits per heavy atom. The molecule has 0 unspecified atom stereocenters. The van der Waals surface area contributed by atoms with E-state index in [1.165, 1.54) is 13.2 Å². The van der Waals surface area contributed by atoms with Gasteiger partial charge in [0.15, 0.2) is 11.5 Å². The van der Waals surface area contributed by atoms with Gasteiger partial charge < -0.3 is 9.64 Å². The van der Waals surface area contributed by atoms with E-state index in [4.69, 9.17) is 16.3 Å². The van der Waals surface area contributed by atoms with Gasteiger partial charge in [0, 0.05) is 26.1 Å². The summed E-state index contributed by atoms with van der Waals surface area (Å²) in [5.74, 6) is 0.688. The fraction of sp³-hybridized carbons (Fsp3) is 0.600. The van der Waals surface area contributed by atoms with E-state index in [1.807, 2.05) is 0 Å². The fourth-order valence-corrected chi connectivity index (χ4v) is 1.49. The standard InChI is InChI=1S/C10H13ClF3N3O/c1-18-7-6-17(5-4-11)9-3-2-8(15-16-9)10(12,13)14/h2-3H,4-7H2,1H3. The third-order valence-electron chi connectivity index (χ3n) is 2.18. The van der Waals surface area contributed by atoms with Crippen molar-refractivity contribution in [1.29, 1.82) is 0 Å². The van der Waals surface area contributed by atoms with Crippen molar-refractivity contribution >= 4 is 17.4 Å². The van der Waals surface area contributed by atoms with Gasteiger partial charge in [0.2, 0.25) is 0 Å². The van der Waals surface area contributed by atoms with Crippen molar-refractivity contribution in [3.8, 4) is 0 Å². The van der Waals surface area contributed by atoms with Gasteiger partial charge in [-0.1, -0.05) is 0 Å². The topological polar surface area (TPSA) is 38.2 Å². The Balaban J connectivity index is 2.79. The molecule has 0 radical (unpaired) electrons. The van der Waals surface area contributed by atoms with Gasteiger partial charge in [-0.3, -0.25) is 0 Å². The van der Waals surface area contributed by atoms with Crippen molar-refractivity contribution in [3.05, 3.63) is 17.8 Å². The summed E-state index contributed by atoms with van der Waals surface area (Å²) in [7, 11) is 1.54. The number of methoxy groups -OCH3 is 1. The van der Waals surface area contributed by atoms with Crippen LogP contribution in [0.3, 0.4) is 0 Å². The number of aromatic nitrogens is 2. The molecule has 0 saturated carbocycles. The summed E-state index contributed by atoms with van der Waals surface area (Å²) < 4.78 is 41.8. The number of halogens is 4. The highest BCUT2D eigenvalue weighted by Crippen LogP contribution is 2.27. The van der Waals surface area contributed by atoms with Crippen molar-refractivity contribution in [2.24, 2.45) is 0 Å². The maximum atomic E-state index is 12.3. The van der Waals surface area contributed by atoms with Crippen LogP contribution in [0.4, 0.5) is 19.0 Å². The molecule has 102 valence electrons. The maximum absolute atomic E-state index is 12.3. The van der Waals surface area contributed by atoms with E-state index in [9.17, 15) is 13.2 Å². The summed E-state index contributed by atoms with van der Waals surface area (Å²) in [4.78, 5) is 1.71. The number of hydrogen-bond donors (Lipinski definition) is 0. The third kappa shape index (κ3) is 4.30. The monoisotopic (exact) mass is 283 g/mol. The molecule has 8 heteroatoms. The van der Waals surface area contributed by atoms with Crippen LogP contribution in [0.1, 0.15) is 5.69 Å². The molecule has 1 aromatic rings. The SMILES string of the molecule is COCCN(CCCl)c1ccc(C(F)(F)F)nn1. The Kier molecular flexibility index (Phi) is 5.61. The molecule has 0 fully saturated rings. The first-order valence-corrected chi connectivity index (χ1v) is 5.73. The van der Waals surface area contributed by atoms with E-state index in [0.717, 1.165) is 6.07 Å². The summed E-state index contributed by atoms with van der Waals surface area (Å²) in [5, 5.41) is 6.72. The van der Waals surface area contributed by atoms with E-state index in [2.05, 4.69) is 10.2 Å². The summed E-state index contributed by atoms with van der Waals surface area (Å²) in [6.45, 7) is 1.38. The molecule has 0 amide bonds. The fourth-order valence-electron chi connectivity index (χ4n) is 1.29. The minimum atomic E-state index is -4.48. The van der Waals surface area contributed by atoms with Gasteiger partial charge in [-0.15, -0.1) is 21.8 Å². The quantitative estimate of drug-likeness (QED) is 0.750. The van der Waals surface area contributed by atoms with Crippen molar-refractivity contribution < 1.29 is 17.9 Å². The molecule has 4 nitrogen and oxygen atoms in total. The van der Waals surface area contributed by atoms with E-state index in [0.29, 0.717) is 31.4 Å². The molecule has 0 spiro atoms. The Hall–Kier alpha value is -1.08. The molecule has 0 saturated heterocycles. The van der Waals surface area contributed by atoms with Crippen molar-refractivity contribution in [1.82, 2.24) is 10.2 Å². The number of nitrogens with zero attached hydrogens (tertiary/aromatic N) is 3. The molecule has 0 aliphatic rings. The lowest BCUT2D eigenvalue weighted by Crippen LogP contribution is -2.30. The van der Waals surface area contributed by atoms with Crippen LogP contribution in [0, 0.1) is 0 Å². The number of hydrogen-bond acceptors (Lipinski definition) is 4. The van der Waals surface area contributed by atoms with Gasteiger partial charge in [0.25, 0.3) is 0 Å². The highest BCUT2D eigenvalue weighted by atomic mass is 35.5. The molecule has 18 heavy (non-hydrogen) atoms. The first-order chi connectivity index (χ1) is 8.49. The number of ether oxygens (including phenoxy) is 1. The van der Waals surface area contributed by atoms with E-state index >= 15 is 0 Å². The lowest BCUT2D eigenvalue weighted by Gasteiger charge is -2.21. The second-order valence-electron chi connectivity index (χ2n) is 3.44. The Morgan fingerprint density at radius 2 is 2.00 bits per heavy atom. The van der Waals surface area contributed by atoms with Crippen LogP contribution in [0.5, 0.6) is 0 Å². The average Bonchev–Trinajstić information content (AvgIpc) is 2.33. The second kappa shape index (κ2) is 6.75. The first kappa shape index (κ1) is 15.0. The van der Waals surface area contributed by atoms with Crippen LogP contribution < -0.4 is 4.90 Å². The molecule has 0 aromatic carbocycles. The molecule has 0 aliphatic heterocycles. The summed E-state index contributed by atoms with van der Waals surface area (Å²) in [6.07, 6.45) is -4.48. The first-order valence-electron chi connectivity index (χ1n) is 5.20. The minimum absolute atomic E-state index is 0.340. The Bertz CT molecular complexity index is 358. The van der Waals surface area contributed by atoms with Crippen molar-refractivity contribution in [3.63, 3.8) is 0 Å². The van der Waals surface area contributed by atoms with E-state index in [1.54, 1.807) is 4.90 Å². The molecule has 0 bridgehead atoms. The molecule has 0 N–H and O–H groups in total. The minimum Gasteiger partial charge on any atom is -0.383 e. The Labute approximate surface area is 108 Å². The average molecular weight is 284 g/mol. The van der Waals surface area contributed by atoms with Crippen LogP contribution in [0.15, 0.2) is 12.1 Å². The van der Waals surface area contributed by atoms with Crippen LogP contribution in [-0.4, -0.2) is 42.9 Å². The predicted octanol–water partition coefficient (Wildman–Crippen LogP) is 2.19. The second-order valence-corrected chi connectivity index (χ2v) is 3.82. The normalized spacial score (nSPS) is 11.6. The molecule has 0 atom stereocenters. The van der Waals surface area contributed by atoms with Crippen LogP contribution in [-0.2, 0) is 10.9 Å². The molecule has 1 rings (SSSR count). The van der Waals surface area contributed by atoms with Crippen molar-refractivity contribution in [2.75, 3.05) is 37.6 Å². The highest BCUT2D eigenvalue weighted by molar-refractivity contribution is 6.18. The predicted molar refractivity (Wildman–Crippen MR) is 61.8 cm³/mol. The number of rotatable bonds is 6. The third-order valence-corrected chi connectivity index (χ3v) is 2.35. The zero-order valence-corrected chi connectivity index (χ0v) is 10.5. The van der Waals surface area contributed by atoms with E-state index < -0.39 is 11.9 Å². The van der Waals surface area contributed by atoms with Crippen molar-refractivity contribution in [2.45, 2.75) is 6.18 Å².